The van der Waals surface area contributed by atoms with E-state index in [9.17, 15) is 9.18 Å². The molecule has 1 heterocycles. The standard InChI is InChI=1S/C19H18FN3O/c1-12-4-8-16(9-5-12)21-13(2)18-14(3)22-23(19(18)24)17-10-6-15(20)7-11-17/h4-11,22H,1-3H3. The van der Waals surface area contributed by atoms with Crippen LogP contribution in [-0.4, -0.2) is 15.5 Å². The van der Waals surface area contributed by atoms with E-state index in [4.69, 9.17) is 0 Å². The summed E-state index contributed by atoms with van der Waals surface area (Å²) in [6.07, 6.45) is 0. The van der Waals surface area contributed by atoms with Crippen LogP contribution in [0.4, 0.5) is 10.1 Å². The molecule has 0 aliphatic heterocycles. The van der Waals surface area contributed by atoms with Crippen molar-refractivity contribution in [3.8, 4) is 5.69 Å². The lowest BCUT2D eigenvalue weighted by Crippen LogP contribution is -2.19. The summed E-state index contributed by atoms with van der Waals surface area (Å²) < 4.78 is 14.5. The maximum atomic E-state index is 13.1. The number of benzene rings is 2. The predicted molar refractivity (Wildman–Crippen MR) is 94.1 cm³/mol. The molecule has 3 aromatic rings. The van der Waals surface area contributed by atoms with Crippen LogP contribution in [0, 0.1) is 19.7 Å². The van der Waals surface area contributed by atoms with Crippen molar-refractivity contribution in [2.45, 2.75) is 20.8 Å². The summed E-state index contributed by atoms with van der Waals surface area (Å²) in [6.45, 7) is 5.65. The van der Waals surface area contributed by atoms with Gasteiger partial charge in [-0.05, 0) is 57.2 Å². The fraction of sp³-hybridized carbons (Fsp3) is 0.158. The highest BCUT2D eigenvalue weighted by Crippen LogP contribution is 2.15. The number of halogens is 1. The summed E-state index contributed by atoms with van der Waals surface area (Å²) in [4.78, 5) is 17.3. The van der Waals surface area contributed by atoms with Crippen LogP contribution in [0.5, 0.6) is 0 Å². The average molecular weight is 323 g/mol. The first-order valence-electron chi connectivity index (χ1n) is 7.65. The second-order valence-corrected chi connectivity index (χ2v) is 5.76. The molecule has 122 valence electrons. The molecule has 0 unspecified atom stereocenters. The van der Waals surface area contributed by atoms with Crippen LogP contribution in [0.3, 0.4) is 0 Å². The minimum absolute atomic E-state index is 0.201. The Kier molecular flexibility index (Phi) is 4.16. The molecule has 0 aliphatic carbocycles. The summed E-state index contributed by atoms with van der Waals surface area (Å²) >= 11 is 0. The number of aliphatic imine (C=N–C) groups is 1. The van der Waals surface area contributed by atoms with Crippen molar-refractivity contribution in [2.24, 2.45) is 4.99 Å². The van der Waals surface area contributed by atoms with Crippen LogP contribution in [0.15, 0.2) is 58.3 Å². The SMILES string of the molecule is CC(=Nc1ccc(C)cc1)c1c(C)[nH]n(-c2ccc(F)cc2)c1=O. The van der Waals surface area contributed by atoms with Crippen LogP contribution in [0.25, 0.3) is 5.69 Å². The molecule has 0 spiro atoms. The molecule has 24 heavy (non-hydrogen) atoms. The van der Waals surface area contributed by atoms with E-state index < -0.39 is 0 Å². The fourth-order valence-corrected chi connectivity index (χ4v) is 2.61. The smallest absolute Gasteiger partial charge is 0.280 e. The summed E-state index contributed by atoms with van der Waals surface area (Å²) in [5, 5.41) is 3.03. The number of hydrogen-bond acceptors (Lipinski definition) is 2. The third-order valence-electron chi connectivity index (χ3n) is 3.85. The summed E-state index contributed by atoms with van der Waals surface area (Å²) in [5.74, 6) is -0.340. The molecule has 5 heteroatoms. The van der Waals surface area contributed by atoms with E-state index in [0.29, 0.717) is 17.0 Å². The van der Waals surface area contributed by atoms with E-state index in [1.165, 1.54) is 16.8 Å². The van der Waals surface area contributed by atoms with E-state index >= 15 is 0 Å². The third kappa shape index (κ3) is 3.06. The minimum atomic E-state index is -0.340. The highest BCUT2D eigenvalue weighted by atomic mass is 19.1. The summed E-state index contributed by atoms with van der Waals surface area (Å²) in [6, 6.07) is 13.6. The van der Waals surface area contributed by atoms with Crippen molar-refractivity contribution in [3.05, 3.63) is 81.5 Å². The Morgan fingerprint density at radius 1 is 1.04 bits per heavy atom. The van der Waals surface area contributed by atoms with E-state index in [1.807, 2.05) is 45.0 Å². The van der Waals surface area contributed by atoms with Gasteiger partial charge in [-0.15, -0.1) is 0 Å². The molecule has 0 saturated carbocycles. The number of rotatable bonds is 3. The zero-order valence-electron chi connectivity index (χ0n) is 13.8. The third-order valence-corrected chi connectivity index (χ3v) is 3.85. The van der Waals surface area contributed by atoms with Crippen LogP contribution in [0.2, 0.25) is 0 Å². The van der Waals surface area contributed by atoms with Gasteiger partial charge in [-0.2, -0.15) is 0 Å². The van der Waals surface area contributed by atoms with Gasteiger partial charge >= 0.3 is 0 Å². The van der Waals surface area contributed by atoms with Gasteiger partial charge in [0.25, 0.3) is 5.56 Å². The second kappa shape index (κ2) is 6.28. The van der Waals surface area contributed by atoms with Gasteiger partial charge in [0.1, 0.15) is 5.82 Å². The van der Waals surface area contributed by atoms with Gasteiger partial charge < -0.3 is 0 Å². The van der Waals surface area contributed by atoms with Crippen LogP contribution >= 0.6 is 0 Å². The van der Waals surface area contributed by atoms with E-state index in [2.05, 4.69) is 10.1 Å². The van der Waals surface area contributed by atoms with Gasteiger partial charge in [-0.1, -0.05) is 17.7 Å². The first-order valence-corrected chi connectivity index (χ1v) is 7.65. The van der Waals surface area contributed by atoms with Crippen LogP contribution < -0.4 is 5.56 Å². The Bertz CT molecular complexity index is 948. The van der Waals surface area contributed by atoms with Gasteiger partial charge in [0.2, 0.25) is 0 Å². The number of aryl methyl sites for hydroxylation is 2. The first kappa shape index (κ1) is 15.9. The first-order chi connectivity index (χ1) is 11.5. The Balaban J connectivity index is 2.04. The molecular formula is C19H18FN3O. The molecule has 1 N–H and O–H groups in total. The normalized spacial score (nSPS) is 11.8. The molecule has 2 aromatic carbocycles. The molecule has 0 radical (unpaired) electrons. The molecule has 0 fully saturated rings. The molecule has 0 amide bonds. The zero-order valence-corrected chi connectivity index (χ0v) is 13.8. The number of nitrogens with one attached hydrogen (secondary N) is 1. The minimum Gasteiger partial charge on any atom is -0.295 e. The fourth-order valence-electron chi connectivity index (χ4n) is 2.61. The quantitative estimate of drug-likeness (QED) is 0.726. The Morgan fingerprint density at radius 2 is 1.67 bits per heavy atom. The predicted octanol–water partition coefficient (Wildman–Crippen LogP) is 4.06. The van der Waals surface area contributed by atoms with E-state index in [1.54, 1.807) is 12.1 Å². The molecule has 0 atom stereocenters. The Hall–Kier alpha value is -2.95. The highest BCUT2D eigenvalue weighted by Gasteiger charge is 2.15. The van der Waals surface area contributed by atoms with Gasteiger partial charge in [0, 0.05) is 5.69 Å². The maximum Gasteiger partial charge on any atom is 0.280 e. The molecule has 3 rings (SSSR count). The maximum absolute atomic E-state index is 13.1. The van der Waals surface area contributed by atoms with Gasteiger partial charge in [-0.25, -0.2) is 9.07 Å². The average Bonchev–Trinajstić information content (AvgIpc) is 2.85. The van der Waals surface area contributed by atoms with Gasteiger partial charge in [-0.3, -0.25) is 14.9 Å². The van der Waals surface area contributed by atoms with E-state index in [-0.39, 0.29) is 11.4 Å². The molecule has 1 aromatic heterocycles. The lowest BCUT2D eigenvalue weighted by Gasteiger charge is -2.00. The topological polar surface area (TPSA) is 50.1 Å². The number of H-pyrrole nitrogens is 1. The largest absolute Gasteiger partial charge is 0.295 e. The lowest BCUT2D eigenvalue weighted by atomic mass is 10.1. The molecular weight excluding hydrogens is 305 g/mol. The summed E-state index contributed by atoms with van der Waals surface area (Å²) in [7, 11) is 0. The Labute approximate surface area is 139 Å². The van der Waals surface area contributed by atoms with Crippen molar-refractivity contribution in [3.63, 3.8) is 0 Å². The Morgan fingerprint density at radius 3 is 2.29 bits per heavy atom. The van der Waals surface area contributed by atoms with Crippen molar-refractivity contribution < 1.29 is 4.39 Å². The number of nitrogens with zero attached hydrogens (tertiary/aromatic N) is 2. The van der Waals surface area contributed by atoms with Gasteiger partial charge in [0.15, 0.2) is 0 Å². The van der Waals surface area contributed by atoms with Gasteiger partial charge in [0.05, 0.1) is 22.6 Å². The zero-order chi connectivity index (χ0) is 17.3. The number of hydrogen-bond donors (Lipinski definition) is 1. The molecule has 0 aliphatic rings. The lowest BCUT2D eigenvalue weighted by molar-refractivity contribution is 0.627. The van der Waals surface area contributed by atoms with Crippen molar-refractivity contribution in [1.29, 1.82) is 0 Å². The van der Waals surface area contributed by atoms with Crippen LogP contribution in [-0.2, 0) is 0 Å². The highest BCUT2D eigenvalue weighted by molar-refractivity contribution is 6.00. The second-order valence-electron chi connectivity index (χ2n) is 5.76. The number of aromatic nitrogens is 2. The van der Waals surface area contributed by atoms with Crippen LogP contribution in [0.1, 0.15) is 23.7 Å². The summed E-state index contributed by atoms with van der Waals surface area (Å²) in [5.41, 5.74) is 4.22. The van der Waals surface area contributed by atoms with Crippen molar-refractivity contribution >= 4 is 11.4 Å². The molecule has 0 bridgehead atoms. The van der Waals surface area contributed by atoms with E-state index in [0.717, 1.165) is 16.9 Å². The monoisotopic (exact) mass is 323 g/mol. The molecule has 4 nitrogen and oxygen atoms in total. The van der Waals surface area contributed by atoms with Crippen molar-refractivity contribution in [2.75, 3.05) is 0 Å². The van der Waals surface area contributed by atoms with Crippen molar-refractivity contribution in [1.82, 2.24) is 9.78 Å². The molecule has 0 saturated heterocycles. The number of aromatic amines is 1.